The number of carbonyl (C=O) groups excluding carboxylic acids is 1. The number of carbonyl (C=O) groups is 1. The van der Waals surface area contributed by atoms with Crippen molar-refractivity contribution in [3.05, 3.63) is 47.3 Å². The van der Waals surface area contributed by atoms with Gasteiger partial charge in [-0.1, -0.05) is 11.2 Å². The van der Waals surface area contributed by atoms with Gasteiger partial charge in [0.05, 0.1) is 4.88 Å². The quantitative estimate of drug-likeness (QED) is 0.699. The van der Waals surface area contributed by atoms with Crippen LogP contribution in [0.3, 0.4) is 0 Å². The van der Waals surface area contributed by atoms with Crippen LogP contribution in [0.25, 0.3) is 10.7 Å². The molecule has 0 spiro atoms. The molecule has 0 fully saturated rings. The number of amides is 1. The predicted octanol–water partition coefficient (Wildman–Crippen LogP) is 2.51. The number of hydrogen-bond donors (Lipinski definition) is 1. The highest BCUT2D eigenvalue weighted by Gasteiger charge is 2.11. The van der Waals surface area contributed by atoms with Gasteiger partial charge in [0, 0.05) is 39.7 Å². The Morgan fingerprint density at radius 1 is 1.36 bits per heavy atom. The van der Waals surface area contributed by atoms with Crippen LogP contribution in [0.1, 0.15) is 17.9 Å². The van der Waals surface area contributed by atoms with Crippen molar-refractivity contribution in [2.45, 2.75) is 19.4 Å². The second kappa shape index (κ2) is 7.89. The summed E-state index contributed by atoms with van der Waals surface area (Å²) in [6, 6.07) is 7.71. The zero-order valence-corrected chi connectivity index (χ0v) is 14.9. The van der Waals surface area contributed by atoms with Crippen molar-refractivity contribution < 1.29 is 9.32 Å². The molecular formula is C17H19N5O2S. The van der Waals surface area contributed by atoms with E-state index in [0.717, 1.165) is 16.3 Å². The van der Waals surface area contributed by atoms with E-state index in [1.54, 1.807) is 17.5 Å². The molecule has 0 atom stereocenters. The molecule has 1 amide bonds. The Kier molecular flexibility index (Phi) is 5.39. The summed E-state index contributed by atoms with van der Waals surface area (Å²) in [7, 11) is 3.86. The van der Waals surface area contributed by atoms with Crippen LogP contribution < -0.4 is 10.2 Å². The lowest BCUT2D eigenvalue weighted by molar-refractivity contribution is -0.121. The molecule has 3 rings (SSSR count). The molecule has 3 aromatic heterocycles. The van der Waals surface area contributed by atoms with Gasteiger partial charge in [0.2, 0.25) is 17.6 Å². The Labute approximate surface area is 149 Å². The summed E-state index contributed by atoms with van der Waals surface area (Å²) in [6.45, 7) is 0.465. The number of anilines is 1. The molecule has 3 aromatic rings. The minimum Gasteiger partial charge on any atom is -0.363 e. The Morgan fingerprint density at radius 2 is 2.24 bits per heavy atom. The van der Waals surface area contributed by atoms with Crippen LogP contribution in [-0.2, 0) is 17.8 Å². The highest BCUT2D eigenvalue weighted by molar-refractivity contribution is 7.13. The number of aryl methyl sites for hydroxylation is 1. The Bertz CT molecular complexity index is 829. The lowest BCUT2D eigenvalue weighted by atomic mass is 10.2. The smallest absolute Gasteiger partial charge is 0.227 e. The SMILES string of the molecule is CN(C)c1cc(CNC(=O)CCc2nc(-c3cccs3)no2)ccn1. The van der Waals surface area contributed by atoms with E-state index < -0.39 is 0 Å². The fraction of sp³-hybridized carbons (Fsp3) is 0.294. The zero-order chi connectivity index (χ0) is 17.6. The van der Waals surface area contributed by atoms with Crippen molar-refractivity contribution in [3.8, 4) is 10.7 Å². The van der Waals surface area contributed by atoms with E-state index in [1.165, 1.54) is 0 Å². The molecule has 1 N–H and O–H groups in total. The predicted molar refractivity (Wildman–Crippen MR) is 96.3 cm³/mol. The van der Waals surface area contributed by atoms with Gasteiger partial charge in [-0.05, 0) is 29.1 Å². The molecule has 0 aliphatic carbocycles. The van der Waals surface area contributed by atoms with Crippen molar-refractivity contribution in [2.24, 2.45) is 0 Å². The lowest BCUT2D eigenvalue weighted by Gasteiger charge is -2.12. The Morgan fingerprint density at radius 3 is 3.00 bits per heavy atom. The van der Waals surface area contributed by atoms with Crippen LogP contribution in [-0.4, -0.2) is 35.1 Å². The fourth-order valence-corrected chi connectivity index (χ4v) is 2.84. The molecule has 0 aliphatic heterocycles. The minimum absolute atomic E-state index is 0.0564. The van der Waals surface area contributed by atoms with Crippen LogP contribution in [0, 0.1) is 0 Å². The van der Waals surface area contributed by atoms with Gasteiger partial charge in [-0.3, -0.25) is 4.79 Å². The first-order valence-electron chi connectivity index (χ1n) is 7.87. The van der Waals surface area contributed by atoms with Gasteiger partial charge in [-0.25, -0.2) is 4.98 Å². The van der Waals surface area contributed by atoms with Crippen LogP contribution in [0.5, 0.6) is 0 Å². The number of thiophene rings is 1. The highest BCUT2D eigenvalue weighted by atomic mass is 32.1. The van der Waals surface area contributed by atoms with Gasteiger partial charge in [0.15, 0.2) is 0 Å². The van der Waals surface area contributed by atoms with Gasteiger partial charge in [0.25, 0.3) is 0 Å². The lowest BCUT2D eigenvalue weighted by Crippen LogP contribution is -2.23. The van der Waals surface area contributed by atoms with Gasteiger partial charge in [-0.15, -0.1) is 11.3 Å². The van der Waals surface area contributed by atoms with Crippen molar-refractivity contribution in [1.82, 2.24) is 20.4 Å². The average molecular weight is 357 g/mol. The summed E-state index contributed by atoms with van der Waals surface area (Å²) in [5, 5.41) is 8.79. The molecule has 0 aliphatic rings. The second-order valence-electron chi connectivity index (χ2n) is 5.68. The van der Waals surface area contributed by atoms with Gasteiger partial charge >= 0.3 is 0 Å². The van der Waals surface area contributed by atoms with E-state index in [4.69, 9.17) is 4.52 Å². The van der Waals surface area contributed by atoms with E-state index in [-0.39, 0.29) is 5.91 Å². The zero-order valence-electron chi connectivity index (χ0n) is 14.1. The molecule has 7 nitrogen and oxygen atoms in total. The van der Waals surface area contributed by atoms with Crippen LogP contribution in [0.4, 0.5) is 5.82 Å². The highest BCUT2D eigenvalue weighted by Crippen LogP contribution is 2.21. The number of hydrogen-bond acceptors (Lipinski definition) is 7. The molecular weight excluding hydrogens is 338 g/mol. The topological polar surface area (TPSA) is 84.2 Å². The molecule has 0 unspecified atom stereocenters. The van der Waals surface area contributed by atoms with Gasteiger partial charge in [-0.2, -0.15) is 4.98 Å². The fourth-order valence-electron chi connectivity index (χ4n) is 2.19. The number of aromatic nitrogens is 3. The molecule has 0 radical (unpaired) electrons. The molecule has 25 heavy (non-hydrogen) atoms. The van der Waals surface area contributed by atoms with Crippen LogP contribution >= 0.6 is 11.3 Å². The molecule has 0 saturated carbocycles. The normalized spacial score (nSPS) is 10.6. The number of nitrogens with zero attached hydrogens (tertiary/aromatic N) is 4. The molecule has 0 bridgehead atoms. The van der Waals surface area contributed by atoms with Gasteiger partial charge in [0.1, 0.15) is 5.82 Å². The third-order valence-corrected chi connectivity index (χ3v) is 4.40. The van der Waals surface area contributed by atoms with Crippen molar-refractivity contribution in [2.75, 3.05) is 19.0 Å². The minimum atomic E-state index is -0.0564. The maximum Gasteiger partial charge on any atom is 0.227 e. The monoisotopic (exact) mass is 357 g/mol. The summed E-state index contributed by atoms with van der Waals surface area (Å²) >= 11 is 1.55. The largest absolute Gasteiger partial charge is 0.363 e. The second-order valence-corrected chi connectivity index (χ2v) is 6.63. The molecule has 3 heterocycles. The van der Waals surface area contributed by atoms with Crippen LogP contribution in [0.2, 0.25) is 0 Å². The summed E-state index contributed by atoms with van der Waals surface area (Å²) in [5.74, 6) is 1.84. The van der Waals surface area contributed by atoms with Crippen molar-refractivity contribution >= 4 is 23.1 Å². The van der Waals surface area contributed by atoms with Crippen molar-refractivity contribution in [1.29, 1.82) is 0 Å². The van der Waals surface area contributed by atoms with E-state index in [2.05, 4.69) is 20.4 Å². The molecule has 0 saturated heterocycles. The van der Waals surface area contributed by atoms with E-state index in [9.17, 15) is 4.79 Å². The molecule has 8 heteroatoms. The third-order valence-electron chi connectivity index (χ3n) is 3.53. The van der Waals surface area contributed by atoms with Crippen molar-refractivity contribution in [3.63, 3.8) is 0 Å². The maximum atomic E-state index is 12.0. The number of pyridine rings is 1. The average Bonchev–Trinajstić information content (AvgIpc) is 3.29. The van der Waals surface area contributed by atoms with Crippen LogP contribution in [0.15, 0.2) is 40.4 Å². The summed E-state index contributed by atoms with van der Waals surface area (Å²) < 4.78 is 5.20. The summed E-state index contributed by atoms with van der Waals surface area (Å²) in [4.78, 5) is 23.5. The van der Waals surface area contributed by atoms with E-state index in [1.807, 2.05) is 48.6 Å². The molecule has 130 valence electrons. The first-order chi connectivity index (χ1) is 12.1. The van der Waals surface area contributed by atoms with Gasteiger partial charge < -0.3 is 14.7 Å². The standard InChI is InChI=1S/C17H19N5O2S/c1-22(2)14-10-12(7-8-18-14)11-19-15(23)5-6-16-20-17(21-24-16)13-4-3-9-25-13/h3-4,7-10H,5-6,11H2,1-2H3,(H,19,23). The first kappa shape index (κ1) is 17.1. The first-order valence-corrected chi connectivity index (χ1v) is 8.75. The number of nitrogens with one attached hydrogen (secondary N) is 1. The van der Waals surface area contributed by atoms with E-state index >= 15 is 0 Å². The molecule has 0 aromatic carbocycles. The maximum absolute atomic E-state index is 12.0. The Hall–Kier alpha value is -2.74. The summed E-state index contributed by atoms with van der Waals surface area (Å²) in [5.41, 5.74) is 1.00. The third kappa shape index (κ3) is 4.63. The van der Waals surface area contributed by atoms with E-state index in [0.29, 0.717) is 31.1 Å². The number of rotatable bonds is 7. The summed E-state index contributed by atoms with van der Waals surface area (Å²) in [6.07, 6.45) is 2.46. The Balaban J connectivity index is 1.48.